The van der Waals surface area contributed by atoms with Crippen molar-refractivity contribution in [2.45, 2.75) is 85.2 Å². The Morgan fingerprint density at radius 3 is 1.54 bits per heavy atom. The van der Waals surface area contributed by atoms with E-state index in [-0.39, 0.29) is 37.3 Å². The van der Waals surface area contributed by atoms with Crippen molar-refractivity contribution >= 4 is 0 Å². The van der Waals surface area contributed by atoms with Crippen LogP contribution in [0.1, 0.15) is 79.7 Å². The Kier molecular flexibility index (Phi) is 13.2. The second kappa shape index (κ2) is 13.2. The molecule has 0 bridgehead atoms. The molecule has 0 aromatic heterocycles. The molecule has 28 heavy (non-hydrogen) atoms. The Balaban J connectivity index is 0.000000765. The second-order valence-electron chi connectivity index (χ2n) is 9.88. The van der Waals surface area contributed by atoms with Crippen LogP contribution in [0.15, 0.2) is 30.3 Å². The van der Waals surface area contributed by atoms with Gasteiger partial charge in [0.25, 0.3) is 0 Å². The molecule has 2 nitrogen and oxygen atoms in total. The smallest absolute Gasteiger partial charge is 0.657 e. The molecule has 0 spiro atoms. The zero-order chi connectivity index (χ0) is 20.5. The van der Waals surface area contributed by atoms with Crippen LogP contribution in [0.4, 0.5) is 0 Å². The average molecular weight is 462 g/mol. The number of rotatable bonds is 6. The van der Waals surface area contributed by atoms with Crippen molar-refractivity contribution in [3.8, 4) is 0 Å². The molecule has 0 N–H and O–H groups in total. The maximum absolute atomic E-state index is 4.74. The van der Waals surface area contributed by atoms with Gasteiger partial charge in [-0.05, 0) is 0 Å². The van der Waals surface area contributed by atoms with Gasteiger partial charge in [-0.15, -0.1) is 23.2 Å². The fourth-order valence-corrected chi connectivity index (χ4v) is 3.52. The summed E-state index contributed by atoms with van der Waals surface area (Å²) < 4.78 is 0. The summed E-state index contributed by atoms with van der Waals surface area (Å²) in [5.41, 5.74) is 1.32. The standard InChI is InChI=1S/C18H35N2.C7H7.Zr/c1-14-15(10-12-19-17(2,3)4)8-9-16(14)11-13-20-18(5,6)7;1-7-5-3-2-4-6-7;/h15-16H,8-13H2,1-7H3;2-6H,1H2;/q-3;-1;+4. The summed E-state index contributed by atoms with van der Waals surface area (Å²) in [6, 6.07) is 9.87. The van der Waals surface area contributed by atoms with E-state index in [2.05, 4.69) is 55.4 Å². The van der Waals surface area contributed by atoms with Gasteiger partial charge in [0, 0.05) is 0 Å². The van der Waals surface area contributed by atoms with Gasteiger partial charge in [-0.25, -0.2) is 0 Å². The van der Waals surface area contributed by atoms with E-state index in [1.807, 2.05) is 30.3 Å². The molecular formula is C25H42N2Zr. The molecule has 0 radical (unpaired) electrons. The van der Waals surface area contributed by atoms with Gasteiger partial charge in [-0.1, -0.05) is 73.3 Å². The van der Waals surface area contributed by atoms with Crippen LogP contribution >= 0.6 is 0 Å². The van der Waals surface area contributed by atoms with E-state index in [1.54, 1.807) is 5.92 Å². The molecule has 0 saturated heterocycles. The normalized spacial score (nSPS) is 20.2. The Labute approximate surface area is 195 Å². The Morgan fingerprint density at radius 2 is 1.25 bits per heavy atom. The van der Waals surface area contributed by atoms with Crippen LogP contribution < -0.4 is 0 Å². The molecule has 1 aliphatic carbocycles. The molecule has 2 rings (SSSR count). The van der Waals surface area contributed by atoms with Crippen LogP contribution in [-0.4, -0.2) is 24.2 Å². The number of benzene rings is 1. The summed E-state index contributed by atoms with van der Waals surface area (Å²) in [7, 11) is 0. The van der Waals surface area contributed by atoms with E-state index >= 15 is 0 Å². The first kappa shape index (κ1) is 27.9. The molecule has 0 amide bonds. The largest absolute Gasteiger partial charge is 4.00 e. The average Bonchev–Trinajstić information content (AvgIpc) is 2.87. The fourth-order valence-electron chi connectivity index (χ4n) is 3.52. The minimum absolute atomic E-state index is 0. The molecule has 1 aromatic carbocycles. The molecule has 2 atom stereocenters. The van der Waals surface area contributed by atoms with Gasteiger partial charge in [0.1, 0.15) is 0 Å². The molecule has 1 aliphatic rings. The molecule has 0 heterocycles. The van der Waals surface area contributed by atoms with E-state index in [9.17, 15) is 0 Å². The van der Waals surface area contributed by atoms with Gasteiger partial charge in [-0.3, -0.25) is 0 Å². The van der Waals surface area contributed by atoms with Crippen molar-refractivity contribution in [1.82, 2.24) is 0 Å². The van der Waals surface area contributed by atoms with Crippen molar-refractivity contribution < 1.29 is 26.2 Å². The minimum atomic E-state index is 0. The number of nitrogens with zero attached hydrogens (tertiary/aromatic N) is 2. The van der Waals surface area contributed by atoms with E-state index in [1.165, 1.54) is 25.7 Å². The summed E-state index contributed by atoms with van der Waals surface area (Å²) in [4.78, 5) is 0. The topological polar surface area (TPSA) is 28.2 Å². The minimum Gasteiger partial charge on any atom is -0.657 e. The van der Waals surface area contributed by atoms with Gasteiger partial charge in [0.15, 0.2) is 0 Å². The Morgan fingerprint density at radius 1 is 0.857 bits per heavy atom. The van der Waals surface area contributed by atoms with Crippen LogP contribution in [0.2, 0.25) is 0 Å². The van der Waals surface area contributed by atoms with Crippen LogP contribution in [0.25, 0.3) is 10.6 Å². The van der Waals surface area contributed by atoms with Gasteiger partial charge < -0.3 is 16.6 Å². The summed E-state index contributed by atoms with van der Waals surface area (Å²) in [5.74, 6) is 3.33. The van der Waals surface area contributed by atoms with E-state index < -0.39 is 0 Å². The number of hydrogen-bond donors (Lipinski definition) is 0. The third-order valence-electron chi connectivity index (χ3n) is 5.12. The molecule has 1 aromatic rings. The maximum Gasteiger partial charge on any atom is 4.00 e. The Hall–Kier alpha value is -0.107. The first-order chi connectivity index (χ1) is 12.5. The van der Waals surface area contributed by atoms with Gasteiger partial charge >= 0.3 is 26.2 Å². The predicted molar refractivity (Wildman–Crippen MR) is 121 cm³/mol. The van der Waals surface area contributed by atoms with E-state index in [0.29, 0.717) is 0 Å². The van der Waals surface area contributed by atoms with Crippen LogP contribution in [-0.2, 0) is 26.2 Å². The first-order valence-electron chi connectivity index (χ1n) is 10.6. The van der Waals surface area contributed by atoms with Crippen molar-refractivity contribution in [2.75, 3.05) is 13.1 Å². The monoisotopic (exact) mass is 460 g/mol. The third kappa shape index (κ3) is 13.2. The van der Waals surface area contributed by atoms with Gasteiger partial charge in [0.2, 0.25) is 0 Å². The van der Waals surface area contributed by atoms with Crippen LogP contribution in [0.5, 0.6) is 0 Å². The zero-order valence-corrected chi connectivity index (χ0v) is 21.8. The molecular weight excluding hydrogens is 420 g/mol. The Bertz CT molecular complexity index is 474. The number of hydrogen-bond acceptors (Lipinski definition) is 0. The molecule has 1 fully saturated rings. The summed E-state index contributed by atoms with van der Waals surface area (Å²) in [6.07, 6.45) is 5.23. The summed E-state index contributed by atoms with van der Waals surface area (Å²) >= 11 is 0. The molecule has 2 unspecified atom stereocenters. The first-order valence-corrected chi connectivity index (χ1v) is 10.6. The third-order valence-corrected chi connectivity index (χ3v) is 5.12. The van der Waals surface area contributed by atoms with E-state index in [0.717, 1.165) is 30.5 Å². The molecule has 1 saturated carbocycles. The predicted octanol–water partition coefficient (Wildman–Crippen LogP) is 7.60. The van der Waals surface area contributed by atoms with Crippen molar-refractivity contribution in [2.24, 2.45) is 11.8 Å². The maximum atomic E-state index is 4.74. The molecule has 0 aliphatic heterocycles. The zero-order valence-electron chi connectivity index (χ0n) is 19.4. The van der Waals surface area contributed by atoms with Gasteiger partial charge in [0.05, 0.1) is 0 Å². The molecule has 3 heteroatoms. The van der Waals surface area contributed by atoms with Crippen LogP contribution in [0.3, 0.4) is 0 Å². The molecule has 156 valence electrons. The van der Waals surface area contributed by atoms with Crippen molar-refractivity contribution in [1.29, 1.82) is 0 Å². The summed E-state index contributed by atoms with van der Waals surface area (Å²) in [6.45, 7) is 21.3. The van der Waals surface area contributed by atoms with Crippen molar-refractivity contribution in [3.63, 3.8) is 0 Å². The SMILES string of the molecule is C[C-]1C(CC[N-]C(C)(C)C)CCC1CC[N-]C(C)(C)C.[CH2-]c1ccccc1.[Zr+4]. The van der Waals surface area contributed by atoms with Crippen LogP contribution in [0, 0.1) is 24.7 Å². The second-order valence-corrected chi connectivity index (χ2v) is 9.88. The summed E-state index contributed by atoms with van der Waals surface area (Å²) in [5, 5.41) is 9.48. The van der Waals surface area contributed by atoms with Gasteiger partial charge in [-0.2, -0.15) is 56.5 Å². The van der Waals surface area contributed by atoms with Crippen molar-refractivity contribution in [3.05, 3.63) is 59.4 Å². The fraction of sp³-hybridized carbons (Fsp3) is 0.680. The van der Waals surface area contributed by atoms with E-state index in [4.69, 9.17) is 10.6 Å². The quantitative estimate of drug-likeness (QED) is 0.390.